The van der Waals surface area contributed by atoms with Crippen molar-refractivity contribution in [2.75, 3.05) is 34.3 Å². The maximum absolute atomic E-state index is 13.8. The lowest BCUT2D eigenvalue weighted by atomic mass is 9.95. The molecule has 0 radical (unpaired) electrons. The number of likely N-dealkylation sites (N-methyl/N-ethyl adjacent to an activating group) is 1. The number of piperidine rings is 1. The zero-order chi connectivity index (χ0) is 22.7. The Morgan fingerprint density at radius 3 is 2.06 bits per heavy atom. The molecule has 0 aromatic heterocycles. The molecule has 2 heterocycles. The average molecular weight is 440 g/mol. The Hall–Kier alpha value is -2.34. The van der Waals surface area contributed by atoms with Crippen molar-refractivity contribution in [2.45, 2.75) is 69.9 Å². The maximum atomic E-state index is 13.8. The van der Waals surface area contributed by atoms with Crippen LogP contribution in [0.4, 0.5) is 0 Å². The van der Waals surface area contributed by atoms with E-state index in [1.165, 1.54) is 19.3 Å². The third-order valence-corrected chi connectivity index (χ3v) is 7.50. The SMILES string of the molecule is COc1ccc(C2=C(N(C)C3CCN(C)CC3)C(=O)N(C3CCCCCCC3)C2=O)cc1. The van der Waals surface area contributed by atoms with E-state index in [-0.39, 0.29) is 23.9 Å². The number of rotatable bonds is 5. The van der Waals surface area contributed by atoms with Crippen molar-refractivity contribution < 1.29 is 14.3 Å². The maximum Gasteiger partial charge on any atom is 0.278 e. The quantitative estimate of drug-likeness (QED) is 0.651. The highest BCUT2D eigenvalue weighted by atomic mass is 16.5. The number of hydrogen-bond donors (Lipinski definition) is 0. The molecule has 4 rings (SSSR count). The highest BCUT2D eigenvalue weighted by Gasteiger charge is 2.45. The molecule has 0 bridgehead atoms. The summed E-state index contributed by atoms with van der Waals surface area (Å²) in [6.07, 6.45) is 9.63. The molecule has 6 heteroatoms. The Morgan fingerprint density at radius 2 is 1.47 bits per heavy atom. The first-order valence-electron chi connectivity index (χ1n) is 12.2. The van der Waals surface area contributed by atoms with E-state index in [1.807, 2.05) is 31.3 Å². The van der Waals surface area contributed by atoms with Crippen molar-refractivity contribution >= 4 is 17.4 Å². The number of hydrogen-bond acceptors (Lipinski definition) is 5. The summed E-state index contributed by atoms with van der Waals surface area (Å²) in [6, 6.07) is 7.82. The number of carbonyl (C=O) groups excluding carboxylic acids is 2. The van der Waals surface area contributed by atoms with Gasteiger partial charge in [-0.15, -0.1) is 0 Å². The van der Waals surface area contributed by atoms with Gasteiger partial charge in [0.25, 0.3) is 11.8 Å². The van der Waals surface area contributed by atoms with Crippen LogP contribution in [0.5, 0.6) is 5.75 Å². The van der Waals surface area contributed by atoms with E-state index < -0.39 is 0 Å². The first kappa shape index (κ1) is 22.8. The highest BCUT2D eigenvalue weighted by molar-refractivity contribution is 6.35. The van der Waals surface area contributed by atoms with Gasteiger partial charge >= 0.3 is 0 Å². The van der Waals surface area contributed by atoms with Crippen LogP contribution in [-0.2, 0) is 9.59 Å². The predicted molar refractivity (Wildman–Crippen MR) is 126 cm³/mol. The Labute approximate surface area is 192 Å². The molecule has 0 N–H and O–H groups in total. The van der Waals surface area contributed by atoms with Gasteiger partial charge in [-0.2, -0.15) is 0 Å². The van der Waals surface area contributed by atoms with Crippen LogP contribution in [0, 0.1) is 0 Å². The molecule has 1 saturated carbocycles. The minimum absolute atomic E-state index is 0.00642. The number of nitrogens with zero attached hydrogens (tertiary/aromatic N) is 3. The molecule has 0 atom stereocenters. The van der Waals surface area contributed by atoms with Crippen LogP contribution in [-0.4, -0.2) is 72.9 Å². The van der Waals surface area contributed by atoms with Crippen LogP contribution >= 0.6 is 0 Å². The molecule has 2 amide bonds. The standard InChI is InChI=1S/C26H37N3O3/c1-27-17-15-20(16-18-27)28(2)24-23(19-11-13-22(32-3)14-12-19)25(30)29(26(24)31)21-9-7-5-4-6-8-10-21/h11-14,20-21H,4-10,15-18H2,1-3H3. The Morgan fingerprint density at radius 1 is 0.875 bits per heavy atom. The van der Waals surface area contributed by atoms with Gasteiger partial charge in [-0.25, -0.2) is 0 Å². The van der Waals surface area contributed by atoms with Crippen LogP contribution in [0.3, 0.4) is 0 Å². The summed E-state index contributed by atoms with van der Waals surface area (Å²) in [5.41, 5.74) is 1.94. The zero-order valence-corrected chi connectivity index (χ0v) is 19.8. The van der Waals surface area contributed by atoms with Gasteiger partial charge in [-0.05, 0) is 63.5 Å². The van der Waals surface area contributed by atoms with Gasteiger partial charge in [0.2, 0.25) is 0 Å². The lowest BCUT2D eigenvalue weighted by Gasteiger charge is -2.37. The summed E-state index contributed by atoms with van der Waals surface area (Å²) < 4.78 is 5.31. The molecule has 2 aliphatic heterocycles. The molecule has 3 aliphatic rings. The Bertz CT molecular complexity index is 848. The molecule has 1 aliphatic carbocycles. The fourth-order valence-corrected chi connectivity index (χ4v) is 5.47. The first-order valence-corrected chi connectivity index (χ1v) is 12.2. The monoisotopic (exact) mass is 439 g/mol. The fourth-order valence-electron chi connectivity index (χ4n) is 5.47. The molecule has 1 saturated heterocycles. The molecule has 32 heavy (non-hydrogen) atoms. The van der Waals surface area contributed by atoms with Gasteiger partial charge < -0.3 is 14.5 Å². The van der Waals surface area contributed by atoms with E-state index >= 15 is 0 Å². The second-order valence-corrected chi connectivity index (χ2v) is 9.58. The van der Waals surface area contributed by atoms with E-state index in [1.54, 1.807) is 12.0 Å². The van der Waals surface area contributed by atoms with Crippen LogP contribution in [0.15, 0.2) is 30.0 Å². The largest absolute Gasteiger partial charge is 0.497 e. The predicted octanol–water partition coefficient (Wildman–Crippen LogP) is 3.91. The van der Waals surface area contributed by atoms with Crippen molar-refractivity contribution in [3.63, 3.8) is 0 Å². The van der Waals surface area contributed by atoms with Crippen LogP contribution in [0.25, 0.3) is 5.57 Å². The van der Waals surface area contributed by atoms with Crippen molar-refractivity contribution in [3.05, 3.63) is 35.5 Å². The molecular formula is C26H37N3O3. The highest BCUT2D eigenvalue weighted by Crippen LogP contribution is 2.37. The van der Waals surface area contributed by atoms with Gasteiger partial charge in [0.05, 0.1) is 12.7 Å². The summed E-state index contributed by atoms with van der Waals surface area (Å²) in [5.74, 6) is 0.515. The van der Waals surface area contributed by atoms with Crippen molar-refractivity contribution in [2.24, 2.45) is 0 Å². The van der Waals surface area contributed by atoms with E-state index in [4.69, 9.17) is 4.74 Å². The van der Waals surface area contributed by atoms with E-state index in [0.29, 0.717) is 11.3 Å². The van der Waals surface area contributed by atoms with Gasteiger partial charge in [0, 0.05) is 19.1 Å². The minimum Gasteiger partial charge on any atom is -0.497 e. The number of amides is 2. The van der Waals surface area contributed by atoms with Gasteiger partial charge in [-0.1, -0.05) is 44.2 Å². The molecule has 1 aromatic rings. The van der Waals surface area contributed by atoms with Gasteiger partial charge in [0.15, 0.2) is 0 Å². The first-order chi connectivity index (χ1) is 15.5. The molecular weight excluding hydrogens is 402 g/mol. The molecule has 6 nitrogen and oxygen atoms in total. The number of benzene rings is 1. The third kappa shape index (κ3) is 4.56. The molecule has 174 valence electrons. The normalized spacial score (nSPS) is 22.3. The number of carbonyl (C=O) groups is 2. The topological polar surface area (TPSA) is 53.1 Å². The average Bonchev–Trinajstić information content (AvgIpc) is 3.04. The van der Waals surface area contributed by atoms with E-state index in [0.717, 1.165) is 62.9 Å². The van der Waals surface area contributed by atoms with Crippen LogP contribution in [0.1, 0.15) is 63.4 Å². The number of ether oxygens (including phenoxy) is 1. The smallest absolute Gasteiger partial charge is 0.278 e. The van der Waals surface area contributed by atoms with Crippen molar-refractivity contribution in [3.8, 4) is 5.75 Å². The summed E-state index contributed by atoms with van der Waals surface area (Å²) in [7, 11) is 5.77. The molecule has 0 unspecified atom stereocenters. The Balaban J connectivity index is 1.69. The van der Waals surface area contributed by atoms with E-state index in [2.05, 4.69) is 16.8 Å². The molecule has 2 fully saturated rings. The number of imide groups is 1. The summed E-state index contributed by atoms with van der Waals surface area (Å²) in [5, 5.41) is 0. The van der Waals surface area contributed by atoms with Crippen LogP contribution < -0.4 is 4.74 Å². The van der Waals surface area contributed by atoms with Crippen molar-refractivity contribution in [1.29, 1.82) is 0 Å². The second-order valence-electron chi connectivity index (χ2n) is 9.58. The lowest BCUT2D eigenvalue weighted by molar-refractivity contribution is -0.140. The number of likely N-dealkylation sites (tertiary alicyclic amines) is 1. The van der Waals surface area contributed by atoms with Crippen molar-refractivity contribution in [1.82, 2.24) is 14.7 Å². The van der Waals surface area contributed by atoms with Gasteiger partial charge in [-0.3, -0.25) is 14.5 Å². The fraction of sp³-hybridized carbons (Fsp3) is 0.615. The summed E-state index contributed by atoms with van der Waals surface area (Å²) >= 11 is 0. The minimum atomic E-state index is -0.125. The molecule has 0 spiro atoms. The van der Waals surface area contributed by atoms with Gasteiger partial charge in [0.1, 0.15) is 11.4 Å². The van der Waals surface area contributed by atoms with Crippen LogP contribution in [0.2, 0.25) is 0 Å². The Kier molecular flexibility index (Phi) is 7.19. The summed E-state index contributed by atoms with van der Waals surface area (Å²) in [4.78, 5) is 33.7. The second kappa shape index (κ2) is 10.1. The number of methoxy groups -OCH3 is 1. The molecule has 1 aromatic carbocycles. The third-order valence-electron chi connectivity index (χ3n) is 7.50. The van der Waals surface area contributed by atoms with E-state index in [9.17, 15) is 9.59 Å². The lowest BCUT2D eigenvalue weighted by Crippen LogP contribution is -2.45. The zero-order valence-electron chi connectivity index (χ0n) is 19.8. The summed E-state index contributed by atoms with van der Waals surface area (Å²) in [6.45, 7) is 2.02.